The Morgan fingerprint density at radius 3 is 1.29 bits per heavy atom. The van der Waals surface area contributed by atoms with Crippen LogP contribution in [0.5, 0.6) is 0 Å². The van der Waals surface area contributed by atoms with Gasteiger partial charge >= 0.3 is 0 Å². The molecule has 0 saturated carbocycles. The summed E-state index contributed by atoms with van der Waals surface area (Å²) >= 11 is 0. The molecular formula is C99H162N24O14. The second-order valence-corrected chi connectivity index (χ2v) is 36.7. The van der Waals surface area contributed by atoms with Crippen LogP contribution in [0, 0.1) is 47.3 Å². The Morgan fingerprint density at radius 2 is 0.818 bits per heavy atom. The molecule has 0 fully saturated rings. The number of benzene rings is 2. The molecule has 2 aromatic carbocycles. The first-order valence-corrected chi connectivity index (χ1v) is 49.3. The Morgan fingerprint density at radius 1 is 0.394 bits per heavy atom. The van der Waals surface area contributed by atoms with Gasteiger partial charge < -0.3 is 109 Å². The van der Waals surface area contributed by atoms with Crippen LogP contribution in [0.3, 0.4) is 0 Å². The Kier molecular flexibility index (Phi) is 56.3. The molecule has 5 aromatic rings. The summed E-state index contributed by atoms with van der Waals surface area (Å²) < 4.78 is 0. The monoisotopic (exact) mass is 1910 g/mol. The molecule has 13 atom stereocenters. The molecule has 0 aliphatic heterocycles. The topological polar surface area (TPSA) is 684 Å². The number of rotatable bonds is 73. The molecule has 30 N–H and O–H groups in total. The first-order chi connectivity index (χ1) is 65.4. The van der Waals surface area contributed by atoms with Gasteiger partial charge in [-0.05, 0) is 125 Å². The Bertz CT molecular complexity index is 4660. The fraction of sp³-hybridized carbons (Fsp3) is 0.636. The van der Waals surface area contributed by atoms with Crippen molar-refractivity contribution in [2.24, 2.45) is 125 Å². The molecule has 0 unspecified atom stereocenters. The van der Waals surface area contributed by atoms with E-state index in [-0.39, 0.29) is 169 Å². The highest BCUT2D eigenvalue weighted by Gasteiger charge is 2.38. The largest absolute Gasteiger partial charge is 0.394 e. The van der Waals surface area contributed by atoms with Crippen molar-refractivity contribution in [1.29, 1.82) is 0 Å². The summed E-state index contributed by atoms with van der Waals surface area (Å²) in [4.78, 5) is 209. The van der Waals surface area contributed by atoms with Crippen LogP contribution in [0.1, 0.15) is 278 Å². The summed E-state index contributed by atoms with van der Waals surface area (Å²) in [5.41, 5.74) is 59.6. The van der Waals surface area contributed by atoms with E-state index in [4.69, 9.17) is 57.3 Å². The molecule has 0 aliphatic carbocycles. The number of nitrogens with zero attached hydrogens (tertiary/aromatic N) is 5. The number of aliphatic imine (C=N–C) groups is 4. The molecular weight excluding hydrogens is 1750 g/mol. The minimum Gasteiger partial charge on any atom is -0.394 e. The number of H-pyrrole nitrogens is 3. The third kappa shape index (κ3) is 45.7. The van der Waals surface area contributed by atoms with Gasteiger partial charge in [0, 0.05) is 160 Å². The quantitative estimate of drug-likeness (QED) is 0.0108. The number of aromatic amines is 3. The van der Waals surface area contributed by atoms with Gasteiger partial charge in [-0.15, -0.1) is 0 Å². The second kappa shape index (κ2) is 65.7. The smallest absolute Gasteiger partial charge is 0.224 e. The van der Waals surface area contributed by atoms with Crippen molar-refractivity contribution in [3.63, 3.8) is 0 Å². The average molecular weight is 1910 g/mol. The van der Waals surface area contributed by atoms with Gasteiger partial charge in [-0.1, -0.05) is 175 Å². The minimum absolute atomic E-state index is 0.0165. The fourth-order valence-corrected chi connectivity index (χ4v) is 16.6. The van der Waals surface area contributed by atoms with Crippen LogP contribution in [0.4, 0.5) is 0 Å². The van der Waals surface area contributed by atoms with Crippen molar-refractivity contribution < 1.29 is 67.4 Å². The van der Waals surface area contributed by atoms with Crippen molar-refractivity contribution in [2.45, 2.75) is 316 Å². The number of nitrogens with one attached hydrogen (secondary N) is 9. The standard InChI is InChI=1S/C56H82N18O7.C43H80N6O7/c1-33(11-8-20-66-54(59)60)51(79)72-44(17-6-7-19-57)47(75)26-34(12-9-21-67-55(61)62)52(80)74-46(25-38-30-70-43-16-5-3-14-41(38)43)49(77)28-36(24-39-31-65-32-71-39)53(81)73-45(18-10-22-68-56(63)64)48(76)27-35(50(58)78)23-37-29-69-42-15-4-2-13-40(37)42;1-8-11-12-13-14-15-16-17-18-19-20-21-22-25-38(54)48-39(30(4)5)37(53)28-33(24-23-26-46-43(44)45)42(56)47-34(29-50)36(52)27-32(7)41(55)49-40(31(6)9-2)35(51)10-3/h2-5,13-16,29-36,44-46,69-70H,6-12,17-28,57H2,1H3,(H2,58,78)(H,65,71)(H,72,79)(H,73,81)(H,74,80)(H4,59,60,66)(H4,61,62,67)(H4,63,64,68);30-34,39-40,50H,8-29H2,1-7H3,(H,47,56)(H,48,54)(H,49,55)(H4,44,45,46)/t33-,34+,35+,36+,44-,45-,46-;31-,32+,33+,34-,39-,40-/m00/s1. The molecule has 38 nitrogen and oxygen atoms in total. The normalized spacial score (nSPS) is 14.1. The zero-order valence-corrected chi connectivity index (χ0v) is 82.3. The van der Waals surface area contributed by atoms with Gasteiger partial charge in [-0.3, -0.25) is 82.3 Å². The highest BCUT2D eigenvalue weighted by molar-refractivity contribution is 6.00. The maximum Gasteiger partial charge on any atom is 0.224 e. The summed E-state index contributed by atoms with van der Waals surface area (Å²) in [6, 6.07) is 8.85. The molecule has 0 spiro atoms. The molecule has 0 aliphatic rings. The Hall–Kier alpha value is -12.0. The van der Waals surface area contributed by atoms with Gasteiger partial charge in [0.25, 0.3) is 0 Å². The van der Waals surface area contributed by atoms with E-state index in [0.29, 0.717) is 69.3 Å². The van der Waals surface area contributed by atoms with E-state index >= 15 is 4.79 Å². The van der Waals surface area contributed by atoms with E-state index in [1.54, 1.807) is 33.2 Å². The van der Waals surface area contributed by atoms with Crippen molar-refractivity contribution in [2.75, 3.05) is 39.3 Å². The number of hydrogen-bond donors (Lipinski definition) is 20. The van der Waals surface area contributed by atoms with Gasteiger partial charge in [-0.25, -0.2) is 4.98 Å². The lowest BCUT2D eigenvalue weighted by molar-refractivity contribution is -0.136. The third-order valence-electron chi connectivity index (χ3n) is 25.0. The van der Waals surface area contributed by atoms with Crippen molar-refractivity contribution in [3.8, 4) is 0 Å². The predicted octanol–water partition coefficient (Wildman–Crippen LogP) is 6.81. The number of unbranched alkanes of at least 4 members (excludes halogenated alkanes) is 13. The maximum atomic E-state index is 15.1. The molecule has 38 heteroatoms. The first-order valence-electron chi connectivity index (χ1n) is 49.3. The number of fused-ring (bicyclic) bond motifs is 2. The molecule has 7 amide bonds. The van der Waals surface area contributed by atoms with Gasteiger partial charge in [0.2, 0.25) is 41.4 Å². The number of aliphatic hydroxyl groups excluding tert-OH is 1. The van der Waals surface area contributed by atoms with Crippen molar-refractivity contribution >= 4 is 122 Å². The van der Waals surface area contributed by atoms with Crippen LogP contribution in [0.15, 0.2) is 93.4 Å². The van der Waals surface area contributed by atoms with E-state index in [1.165, 1.54) is 70.3 Å². The second-order valence-electron chi connectivity index (χ2n) is 36.7. The van der Waals surface area contributed by atoms with Gasteiger partial charge in [0.1, 0.15) is 6.04 Å². The number of hydrogen-bond acceptors (Lipinski definition) is 20. The highest BCUT2D eigenvalue weighted by atomic mass is 16.3. The minimum atomic E-state index is -1.31. The SMILES string of the molecule is CCCCCCCCCCCCCCCC(=O)N[C@H](C(=O)C[C@@H](CCCN=C(N)N)C(=O)N[C@@H](CO)C(=O)C[C@@H](C)C(=O)N[C@H](C(=O)CC)[C@@H](C)CC)C(C)C.C[C@@H](CCCN=C(N)N)C(=O)N[C@@H](CCCCN)C(=O)C[C@@H](CCCN=C(N)N)C(=O)N[C@@H](Cc1c[nH]c2ccccc12)C(=O)C[C@@H](Cc1cnc[nH]1)C(=O)N[C@@H](CCCN=C(N)N)C(=O)C[C@@H](Cc1c[nH]c2ccccc12)C(N)=O. The number of imidazole rings is 1. The number of ketones is 6. The van der Waals surface area contributed by atoms with Gasteiger partial charge in [0.15, 0.2) is 58.5 Å². The molecule has 5 rings (SSSR count). The maximum absolute atomic E-state index is 15.1. The van der Waals surface area contributed by atoms with Gasteiger partial charge in [0.05, 0.1) is 49.1 Å². The summed E-state index contributed by atoms with van der Waals surface area (Å²) in [5.74, 6) is -12.0. The van der Waals surface area contributed by atoms with E-state index in [1.807, 2.05) is 76.2 Å². The van der Waals surface area contributed by atoms with Crippen LogP contribution < -0.4 is 89.2 Å². The lowest BCUT2D eigenvalue weighted by Crippen LogP contribution is -2.50. The number of amides is 7. The number of para-hydroxylation sites is 2. The fourth-order valence-electron chi connectivity index (χ4n) is 16.6. The number of Topliss-reactive ketones (excluding diaryl/α,β-unsaturated/α-hetero) is 6. The van der Waals surface area contributed by atoms with Crippen LogP contribution in [-0.4, -0.2) is 201 Å². The molecule has 0 radical (unpaired) electrons. The number of nitrogens with two attached hydrogens (primary N) is 10. The van der Waals surface area contributed by atoms with Crippen LogP contribution >= 0.6 is 0 Å². The number of carbonyl (C=O) groups is 13. The summed E-state index contributed by atoms with van der Waals surface area (Å²) in [5, 5.41) is 28.8. The Balaban J connectivity index is 0.000000615. The summed E-state index contributed by atoms with van der Waals surface area (Å²) in [6.45, 7) is 15.2. The number of aliphatic hydroxyl groups is 1. The van der Waals surface area contributed by atoms with Crippen LogP contribution in [0.2, 0.25) is 0 Å². The molecule has 0 saturated heterocycles. The average Bonchev–Trinajstić information content (AvgIpc) is 1.69. The number of aromatic nitrogens is 4. The number of primary amides is 1. The predicted molar refractivity (Wildman–Crippen MR) is 537 cm³/mol. The van der Waals surface area contributed by atoms with E-state index < -0.39 is 137 Å². The van der Waals surface area contributed by atoms with Crippen LogP contribution in [-0.2, 0) is 81.6 Å². The number of carbonyl (C=O) groups excluding carboxylic acids is 13. The first kappa shape index (κ1) is 117. The zero-order chi connectivity index (χ0) is 101. The lowest BCUT2D eigenvalue weighted by Gasteiger charge is -2.26. The van der Waals surface area contributed by atoms with Crippen LogP contribution in [0.25, 0.3) is 21.8 Å². The van der Waals surface area contributed by atoms with Gasteiger partial charge in [-0.2, -0.15) is 0 Å². The lowest BCUT2D eigenvalue weighted by atomic mass is 9.88. The zero-order valence-electron chi connectivity index (χ0n) is 82.3. The molecule has 137 heavy (non-hydrogen) atoms. The number of guanidine groups is 4. The van der Waals surface area contributed by atoms with E-state index in [9.17, 15) is 62.6 Å². The highest BCUT2D eigenvalue weighted by Crippen LogP contribution is 2.28. The summed E-state index contributed by atoms with van der Waals surface area (Å²) in [6.07, 6.45) is 25.6. The van der Waals surface area contributed by atoms with E-state index in [2.05, 4.69) is 78.7 Å². The molecule has 0 bridgehead atoms. The van der Waals surface area contributed by atoms with E-state index in [0.717, 1.165) is 53.1 Å². The summed E-state index contributed by atoms with van der Waals surface area (Å²) in [7, 11) is 0. The molecule has 762 valence electrons. The Labute approximate surface area is 807 Å². The molecule has 3 aromatic heterocycles. The van der Waals surface area contributed by atoms with Crippen molar-refractivity contribution in [1.82, 2.24) is 51.8 Å². The van der Waals surface area contributed by atoms with Crippen molar-refractivity contribution in [3.05, 3.63) is 90.3 Å². The molecule has 3 heterocycles. The third-order valence-corrected chi connectivity index (χ3v) is 25.0.